The molecule has 0 aliphatic carbocycles. The SMILES string of the molecule is COc1ccc(C=C(C(=O)Nc2ccc(C)c(C)c2)c2ccccc2)cc1. The molecule has 0 aromatic heterocycles. The lowest BCUT2D eigenvalue weighted by Crippen LogP contribution is -2.13. The highest BCUT2D eigenvalue weighted by Crippen LogP contribution is 2.23. The van der Waals surface area contributed by atoms with Gasteiger partial charge in [-0.25, -0.2) is 0 Å². The van der Waals surface area contributed by atoms with E-state index in [9.17, 15) is 4.79 Å². The Bertz CT molecular complexity index is 957. The fourth-order valence-electron chi connectivity index (χ4n) is 2.78. The summed E-state index contributed by atoms with van der Waals surface area (Å²) in [5.74, 6) is 0.647. The molecule has 0 atom stereocenters. The third-order valence-electron chi connectivity index (χ3n) is 4.52. The van der Waals surface area contributed by atoms with Crippen LogP contribution in [0, 0.1) is 13.8 Å². The molecule has 0 spiro atoms. The third-order valence-corrected chi connectivity index (χ3v) is 4.52. The Morgan fingerprint density at radius 1 is 0.889 bits per heavy atom. The summed E-state index contributed by atoms with van der Waals surface area (Å²) in [7, 11) is 1.64. The van der Waals surface area contributed by atoms with E-state index in [1.165, 1.54) is 5.56 Å². The van der Waals surface area contributed by atoms with E-state index < -0.39 is 0 Å². The second-order valence-electron chi connectivity index (χ2n) is 6.45. The minimum atomic E-state index is -0.139. The summed E-state index contributed by atoms with van der Waals surface area (Å²) < 4.78 is 5.21. The molecule has 3 rings (SSSR count). The van der Waals surface area contributed by atoms with Crippen LogP contribution in [-0.2, 0) is 4.79 Å². The highest BCUT2D eigenvalue weighted by Gasteiger charge is 2.13. The van der Waals surface area contributed by atoms with E-state index in [-0.39, 0.29) is 5.91 Å². The van der Waals surface area contributed by atoms with Crippen LogP contribution in [0.2, 0.25) is 0 Å². The molecule has 1 amide bonds. The number of ether oxygens (including phenoxy) is 1. The zero-order chi connectivity index (χ0) is 19.2. The van der Waals surface area contributed by atoms with Crippen molar-refractivity contribution in [3.63, 3.8) is 0 Å². The van der Waals surface area contributed by atoms with Crippen molar-refractivity contribution in [2.45, 2.75) is 13.8 Å². The Morgan fingerprint density at radius 3 is 2.22 bits per heavy atom. The second-order valence-corrected chi connectivity index (χ2v) is 6.45. The third kappa shape index (κ3) is 4.64. The van der Waals surface area contributed by atoms with Crippen molar-refractivity contribution in [1.82, 2.24) is 0 Å². The van der Waals surface area contributed by atoms with Crippen LogP contribution in [0.25, 0.3) is 11.6 Å². The molecule has 0 unspecified atom stereocenters. The molecular weight excluding hydrogens is 334 g/mol. The molecule has 3 heteroatoms. The van der Waals surface area contributed by atoms with E-state index in [1.807, 2.05) is 85.8 Å². The van der Waals surface area contributed by atoms with Gasteiger partial charge in [0.2, 0.25) is 0 Å². The molecule has 1 N–H and O–H groups in total. The average molecular weight is 357 g/mol. The minimum Gasteiger partial charge on any atom is -0.497 e. The van der Waals surface area contributed by atoms with Crippen LogP contribution in [0.5, 0.6) is 5.75 Å². The number of aryl methyl sites for hydroxylation is 2. The second kappa shape index (κ2) is 8.37. The number of anilines is 1. The van der Waals surface area contributed by atoms with Crippen molar-refractivity contribution in [2.75, 3.05) is 12.4 Å². The molecule has 0 bridgehead atoms. The number of nitrogens with one attached hydrogen (secondary N) is 1. The fraction of sp³-hybridized carbons (Fsp3) is 0.125. The van der Waals surface area contributed by atoms with Crippen LogP contribution in [-0.4, -0.2) is 13.0 Å². The topological polar surface area (TPSA) is 38.3 Å². The molecule has 0 radical (unpaired) electrons. The Hall–Kier alpha value is -3.33. The predicted molar refractivity (Wildman–Crippen MR) is 112 cm³/mol. The summed E-state index contributed by atoms with van der Waals surface area (Å²) in [5, 5.41) is 3.02. The van der Waals surface area contributed by atoms with Crippen molar-refractivity contribution in [3.05, 3.63) is 95.1 Å². The molecule has 3 aromatic carbocycles. The highest BCUT2D eigenvalue weighted by atomic mass is 16.5. The van der Waals surface area contributed by atoms with Crippen molar-refractivity contribution in [3.8, 4) is 5.75 Å². The van der Waals surface area contributed by atoms with E-state index >= 15 is 0 Å². The zero-order valence-corrected chi connectivity index (χ0v) is 15.8. The lowest BCUT2D eigenvalue weighted by Gasteiger charge is -2.11. The Morgan fingerprint density at radius 2 is 1.59 bits per heavy atom. The Kier molecular flexibility index (Phi) is 5.72. The summed E-state index contributed by atoms with van der Waals surface area (Å²) in [6.07, 6.45) is 1.89. The maximum Gasteiger partial charge on any atom is 0.256 e. The quantitative estimate of drug-likeness (QED) is 0.484. The highest BCUT2D eigenvalue weighted by molar-refractivity contribution is 6.29. The van der Waals surface area contributed by atoms with Gasteiger partial charge >= 0.3 is 0 Å². The molecule has 0 aliphatic rings. The number of methoxy groups -OCH3 is 1. The first-order valence-corrected chi connectivity index (χ1v) is 8.86. The van der Waals surface area contributed by atoms with Crippen LogP contribution in [0.1, 0.15) is 22.3 Å². The summed E-state index contributed by atoms with van der Waals surface area (Å²) in [6.45, 7) is 4.09. The van der Waals surface area contributed by atoms with Crippen LogP contribution >= 0.6 is 0 Å². The number of benzene rings is 3. The molecule has 0 aliphatic heterocycles. The van der Waals surface area contributed by atoms with Gasteiger partial charge in [-0.05, 0) is 66.4 Å². The van der Waals surface area contributed by atoms with E-state index in [0.29, 0.717) is 5.57 Å². The number of amides is 1. The van der Waals surface area contributed by atoms with Gasteiger partial charge in [0.15, 0.2) is 0 Å². The van der Waals surface area contributed by atoms with E-state index in [2.05, 4.69) is 12.2 Å². The zero-order valence-electron chi connectivity index (χ0n) is 15.8. The van der Waals surface area contributed by atoms with E-state index in [4.69, 9.17) is 4.74 Å². The van der Waals surface area contributed by atoms with Crippen LogP contribution < -0.4 is 10.1 Å². The first kappa shape index (κ1) is 18.5. The molecule has 0 saturated carbocycles. The Labute approximate surface area is 160 Å². The van der Waals surface area contributed by atoms with Gasteiger partial charge in [-0.2, -0.15) is 0 Å². The lowest BCUT2D eigenvalue weighted by molar-refractivity contribution is -0.111. The minimum absolute atomic E-state index is 0.139. The number of carbonyl (C=O) groups is 1. The van der Waals surface area contributed by atoms with Crippen LogP contribution in [0.3, 0.4) is 0 Å². The van der Waals surface area contributed by atoms with E-state index in [1.54, 1.807) is 7.11 Å². The van der Waals surface area contributed by atoms with Crippen molar-refractivity contribution >= 4 is 23.2 Å². The summed E-state index contributed by atoms with van der Waals surface area (Å²) in [4.78, 5) is 13.0. The smallest absolute Gasteiger partial charge is 0.256 e. The molecule has 0 saturated heterocycles. The molecule has 3 nitrogen and oxygen atoms in total. The van der Waals surface area contributed by atoms with Crippen molar-refractivity contribution < 1.29 is 9.53 Å². The van der Waals surface area contributed by atoms with Gasteiger partial charge in [-0.1, -0.05) is 48.5 Å². The standard InChI is InChI=1S/C24H23NO2/c1-17-9-12-21(15-18(17)2)25-24(26)23(20-7-5-4-6-8-20)16-19-10-13-22(27-3)14-11-19/h4-16H,1-3H3,(H,25,26). The summed E-state index contributed by atoms with van der Waals surface area (Å²) >= 11 is 0. The molecule has 0 heterocycles. The Balaban J connectivity index is 1.94. The first-order valence-electron chi connectivity index (χ1n) is 8.86. The van der Waals surface area contributed by atoms with E-state index in [0.717, 1.165) is 28.1 Å². The number of hydrogen-bond acceptors (Lipinski definition) is 2. The normalized spacial score (nSPS) is 11.1. The van der Waals surface area contributed by atoms with Crippen LogP contribution in [0.4, 0.5) is 5.69 Å². The summed E-state index contributed by atoms with van der Waals surface area (Å²) in [5.41, 5.74) is 5.55. The van der Waals surface area contributed by atoms with Gasteiger partial charge in [-0.3, -0.25) is 4.79 Å². The number of rotatable bonds is 5. The van der Waals surface area contributed by atoms with Crippen molar-refractivity contribution in [1.29, 1.82) is 0 Å². The monoisotopic (exact) mass is 357 g/mol. The van der Waals surface area contributed by atoms with Crippen LogP contribution in [0.15, 0.2) is 72.8 Å². The maximum absolute atomic E-state index is 13.0. The number of hydrogen-bond donors (Lipinski definition) is 1. The lowest BCUT2D eigenvalue weighted by atomic mass is 10.0. The van der Waals surface area contributed by atoms with Gasteiger partial charge in [0.1, 0.15) is 5.75 Å². The molecule has 136 valence electrons. The average Bonchev–Trinajstić information content (AvgIpc) is 2.70. The van der Waals surface area contributed by atoms with Gasteiger partial charge in [0.25, 0.3) is 5.91 Å². The first-order chi connectivity index (χ1) is 13.1. The van der Waals surface area contributed by atoms with Gasteiger partial charge in [0.05, 0.1) is 7.11 Å². The summed E-state index contributed by atoms with van der Waals surface area (Å²) in [6, 6.07) is 23.3. The van der Waals surface area contributed by atoms with Gasteiger partial charge in [0, 0.05) is 11.3 Å². The van der Waals surface area contributed by atoms with Gasteiger partial charge in [-0.15, -0.1) is 0 Å². The largest absolute Gasteiger partial charge is 0.497 e. The van der Waals surface area contributed by atoms with Crippen molar-refractivity contribution in [2.24, 2.45) is 0 Å². The molecule has 3 aromatic rings. The van der Waals surface area contributed by atoms with Gasteiger partial charge < -0.3 is 10.1 Å². The predicted octanol–water partition coefficient (Wildman–Crippen LogP) is 5.49. The maximum atomic E-state index is 13.0. The molecule has 27 heavy (non-hydrogen) atoms. The fourth-order valence-corrected chi connectivity index (χ4v) is 2.78. The molecule has 0 fully saturated rings. The molecular formula is C24H23NO2. The number of carbonyl (C=O) groups excluding carboxylic acids is 1.